The van der Waals surface area contributed by atoms with Crippen LogP contribution in [-0.4, -0.2) is 22.9 Å². The predicted octanol–water partition coefficient (Wildman–Crippen LogP) is 2.08. The monoisotopic (exact) mass is 266 g/mol. The summed E-state index contributed by atoms with van der Waals surface area (Å²) in [6, 6.07) is 2.28. The van der Waals surface area contributed by atoms with Crippen molar-refractivity contribution in [1.29, 1.82) is 0 Å². The number of nitro benzene ring substituents is 2. The molecule has 1 aromatic carbocycles. The molecule has 1 saturated heterocycles. The van der Waals surface area contributed by atoms with Crippen LogP contribution in [0.4, 0.5) is 22.7 Å². The lowest BCUT2D eigenvalue weighted by Crippen LogP contribution is -2.30. The summed E-state index contributed by atoms with van der Waals surface area (Å²) in [5.74, 6) is 0. The van der Waals surface area contributed by atoms with Gasteiger partial charge in [0.1, 0.15) is 11.4 Å². The average molecular weight is 266 g/mol. The fraction of sp³-hybridized carbons (Fsp3) is 0.455. The molecule has 19 heavy (non-hydrogen) atoms. The summed E-state index contributed by atoms with van der Waals surface area (Å²) in [7, 11) is 0. The number of rotatable bonds is 3. The number of anilines is 2. The van der Waals surface area contributed by atoms with Crippen LogP contribution in [0.5, 0.6) is 0 Å². The molecule has 0 saturated carbocycles. The number of benzene rings is 1. The van der Waals surface area contributed by atoms with Gasteiger partial charge in [0.2, 0.25) is 0 Å². The van der Waals surface area contributed by atoms with Crippen LogP contribution in [-0.2, 0) is 0 Å². The van der Waals surface area contributed by atoms with E-state index < -0.39 is 15.5 Å². The van der Waals surface area contributed by atoms with Gasteiger partial charge in [0.15, 0.2) is 0 Å². The van der Waals surface area contributed by atoms with E-state index >= 15 is 0 Å². The maximum atomic E-state index is 11.1. The minimum absolute atomic E-state index is 0.0452. The average Bonchev–Trinajstić information content (AvgIpc) is 2.38. The van der Waals surface area contributed by atoms with E-state index in [1.807, 2.05) is 4.90 Å². The van der Waals surface area contributed by atoms with Crippen LogP contribution in [0.1, 0.15) is 19.3 Å². The molecule has 8 nitrogen and oxygen atoms in total. The van der Waals surface area contributed by atoms with Crippen molar-refractivity contribution in [3.63, 3.8) is 0 Å². The number of nitrogens with two attached hydrogens (primary N) is 1. The Labute approximate surface area is 109 Å². The van der Waals surface area contributed by atoms with E-state index in [0.29, 0.717) is 18.8 Å². The highest BCUT2D eigenvalue weighted by molar-refractivity contribution is 5.76. The summed E-state index contributed by atoms with van der Waals surface area (Å²) in [5, 5.41) is 21.8. The van der Waals surface area contributed by atoms with Crippen molar-refractivity contribution in [2.24, 2.45) is 0 Å². The first-order valence-corrected chi connectivity index (χ1v) is 5.98. The minimum atomic E-state index is -0.706. The lowest BCUT2D eigenvalue weighted by atomic mass is 10.1. The third-order valence-electron chi connectivity index (χ3n) is 3.21. The Hall–Kier alpha value is -2.38. The highest BCUT2D eigenvalue weighted by Crippen LogP contribution is 2.37. The Morgan fingerprint density at radius 2 is 1.58 bits per heavy atom. The van der Waals surface area contributed by atoms with Crippen LogP contribution in [0, 0.1) is 20.2 Å². The lowest BCUT2D eigenvalue weighted by Gasteiger charge is -2.28. The Bertz CT molecular complexity index is 526. The van der Waals surface area contributed by atoms with E-state index in [2.05, 4.69) is 0 Å². The van der Waals surface area contributed by atoms with E-state index in [1.165, 1.54) is 6.07 Å². The summed E-state index contributed by atoms with van der Waals surface area (Å²) in [6.45, 7) is 1.41. The molecule has 0 aliphatic carbocycles. The van der Waals surface area contributed by atoms with Crippen LogP contribution in [0.3, 0.4) is 0 Å². The molecule has 0 radical (unpaired) electrons. The van der Waals surface area contributed by atoms with E-state index in [0.717, 1.165) is 25.3 Å². The van der Waals surface area contributed by atoms with Crippen LogP contribution < -0.4 is 10.6 Å². The van der Waals surface area contributed by atoms with Crippen molar-refractivity contribution in [3.05, 3.63) is 32.4 Å². The van der Waals surface area contributed by atoms with Gasteiger partial charge in [0.05, 0.1) is 15.9 Å². The molecule has 0 unspecified atom stereocenters. The summed E-state index contributed by atoms with van der Waals surface area (Å²) >= 11 is 0. The molecule has 102 valence electrons. The van der Waals surface area contributed by atoms with Gasteiger partial charge >= 0.3 is 0 Å². The molecule has 0 bridgehead atoms. The molecule has 0 atom stereocenters. The number of piperidine rings is 1. The highest BCUT2D eigenvalue weighted by Gasteiger charge is 2.27. The van der Waals surface area contributed by atoms with Gasteiger partial charge in [-0.2, -0.15) is 0 Å². The van der Waals surface area contributed by atoms with Crippen LogP contribution >= 0.6 is 0 Å². The molecule has 0 aromatic heterocycles. The van der Waals surface area contributed by atoms with Crippen LogP contribution in [0.15, 0.2) is 12.1 Å². The maximum Gasteiger partial charge on any atom is 0.299 e. The van der Waals surface area contributed by atoms with Gasteiger partial charge in [0.25, 0.3) is 11.4 Å². The quantitative estimate of drug-likeness (QED) is 0.508. The standard InChI is InChI=1S/C11H14N4O4/c12-8-6-10(13-4-2-1-3-5-13)11(15(18)19)7-9(8)14(16)17/h6-7H,1-5,12H2. The highest BCUT2D eigenvalue weighted by atomic mass is 16.6. The van der Waals surface area contributed by atoms with Crippen molar-refractivity contribution in [2.75, 3.05) is 23.7 Å². The van der Waals surface area contributed by atoms with Crippen LogP contribution in [0.2, 0.25) is 0 Å². The fourth-order valence-corrected chi connectivity index (χ4v) is 2.27. The predicted molar refractivity (Wildman–Crippen MR) is 70.2 cm³/mol. The van der Waals surface area contributed by atoms with Gasteiger partial charge in [0, 0.05) is 13.1 Å². The Morgan fingerprint density at radius 3 is 2.11 bits per heavy atom. The van der Waals surface area contributed by atoms with E-state index in [4.69, 9.17) is 5.73 Å². The molecular weight excluding hydrogens is 252 g/mol. The summed E-state index contributed by atoms with van der Waals surface area (Å²) in [6.07, 6.45) is 2.99. The summed E-state index contributed by atoms with van der Waals surface area (Å²) in [5.41, 5.74) is 5.25. The van der Waals surface area contributed by atoms with Gasteiger partial charge in [-0.25, -0.2) is 0 Å². The second kappa shape index (κ2) is 5.09. The number of hydrogen-bond acceptors (Lipinski definition) is 6. The summed E-state index contributed by atoms with van der Waals surface area (Å²) in [4.78, 5) is 22.4. The second-order valence-electron chi connectivity index (χ2n) is 4.46. The number of hydrogen-bond donors (Lipinski definition) is 1. The molecule has 1 fully saturated rings. The van der Waals surface area contributed by atoms with E-state index in [9.17, 15) is 20.2 Å². The molecule has 0 spiro atoms. The smallest absolute Gasteiger partial charge is 0.299 e. The molecule has 2 N–H and O–H groups in total. The van der Waals surface area contributed by atoms with Gasteiger partial charge in [-0.15, -0.1) is 0 Å². The number of nitrogens with zero attached hydrogens (tertiary/aromatic N) is 3. The van der Waals surface area contributed by atoms with Gasteiger partial charge in [-0.3, -0.25) is 20.2 Å². The van der Waals surface area contributed by atoms with Gasteiger partial charge in [-0.1, -0.05) is 0 Å². The fourth-order valence-electron chi connectivity index (χ4n) is 2.27. The van der Waals surface area contributed by atoms with Gasteiger partial charge in [-0.05, 0) is 25.3 Å². The zero-order chi connectivity index (χ0) is 14.0. The van der Waals surface area contributed by atoms with Crippen molar-refractivity contribution < 1.29 is 9.85 Å². The van der Waals surface area contributed by atoms with Crippen LogP contribution in [0.25, 0.3) is 0 Å². The van der Waals surface area contributed by atoms with Crippen molar-refractivity contribution in [3.8, 4) is 0 Å². The molecular formula is C11H14N4O4. The molecule has 2 rings (SSSR count). The first kappa shape index (κ1) is 13.1. The van der Waals surface area contributed by atoms with Crippen molar-refractivity contribution in [1.82, 2.24) is 0 Å². The third-order valence-corrected chi connectivity index (χ3v) is 3.21. The molecule has 1 aliphatic heterocycles. The Balaban J connectivity index is 2.49. The Morgan fingerprint density at radius 1 is 1.00 bits per heavy atom. The first-order chi connectivity index (χ1) is 9.00. The third kappa shape index (κ3) is 2.56. The Kier molecular flexibility index (Phi) is 3.50. The molecule has 0 amide bonds. The normalized spacial score (nSPS) is 15.3. The van der Waals surface area contributed by atoms with Gasteiger partial charge < -0.3 is 10.6 Å². The zero-order valence-corrected chi connectivity index (χ0v) is 10.2. The van der Waals surface area contributed by atoms with E-state index in [-0.39, 0.29) is 11.4 Å². The molecule has 1 heterocycles. The zero-order valence-electron chi connectivity index (χ0n) is 10.2. The topological polar surface area (TPSA) is 116 Å². The minimum Gasteiger partial charge on any atom is -0.393 e. The maximum absolute atomic E-state index is 11.1. The van der Waals surface area contributed by atoms with E-state index in [1.54, 1.807) is 0 Å². The molecule has 8 heteroatoms. The molecule has 1 aromatic rings. The second-order valence-corrected chi connectivity index (χ2v) is 4.46. The number of nitrogen functional groups attached to an aromatic ring is 1. The van der Waals surface area contributed by atoms with Crippen molar-refractivity contribution in [2.45, 2.75) is 19.3 Å². The van der Waals surface area contributed by atoms with Crippen molar-refractivity contribution >= 4 is 22.7 Å². The lowest BCUT2D eigenvalue weighted by molar-refractivity contribution is -0.393. The first-order valence-electron chi connectivity index (χ1n) is 5.98. The molecule has 1 aliphatic rings. The SMILES string of the molecule is Nc1cc(N2CCCCC2)c([N+](=O)[O-])cc1[N+](=O)[O-]. The largest absolute Gasteiger partial charge is 0.393 e. The summed E-state index contributed by atoms with van der Waals surface area (Å²) < 4.78 is 0. The number of nitro groups is 2.